The molecule has 0 saturated carbocycles. The van der Waals surface area contributed by atoms with E-state index in [-0.39, 0.29) is 15.8 Å². The second kappa shape index (κ2) is 10.3. The number of hydrogen-bond acceptors (Lipinski definition) is 4. The Kier molecular flexibility index (Phi) is 8.08. The monoisotopic (exact) mass is 428 g/mol. The maximum atomic E-state index is 10.4. The summed E-state index contributed by atoms with van der Waals surface area (Å²) in [6.45, 7) is 1.82. The van der Waals surface area contributed by atoms with Crippen LogP contribution >= 0.6 is 0 Å². The van der Waals surface area contributed by atoms with Gasteiger partial charge in [0.25, 0.3) is 0 Å². The second-order valence-electron chi connectivity index (χ2n) is 6.51. The standard InChI is InChI=1S/C16H16OS.C7H8O3S/c1-18(2)16-10-6-4-8-14(16)12-11-13-7-3-5-9-15(13)17;1-6-2-4-7(5-3-6)11(8,9)10/h3-12H,1-2H3;2-5H,1H3,(H,8,9,10)/b12-11+;. The minimum atomic E-state index is -4.27. The van der Waals surface area contributed by atoms with Gasteiger partial charge in [-0.1, -0.05) is 54.1 Å². The summed E-state index contributed by atoms with van der Waals surface area (Å²) in [5.74, 6) is 0.318. The summed E-state index contributed by atoms with van der Waals surface area (Å²) in [7, 11) is -4.04. The third-order valence-electron chi connectivity index (χ3n) is 4.05. The van der Waals surface area contributed by atoms with Gasteiger partial charge in [-0.05, 0) is 43.3 Å². The molecule has 0 atom stereocenters. The van der Waals surface area contributed by atoms with Crippen molar-refractivity contribution in [1.82, 2.24) is 0 Å². The van der Waals surface area contributed by atoms with Crippen LogP contribution in [-0.2, 0) is 21.0 Å². The van der Waals surface area contributed by atoms with Crippen LogP contribution in [0.5, 0.6) is 5.75 Å². The number of rotatable bonds is 4. The molecule has 0 heterocycles. The van der Waals surface area contributed by atoms with Crippen molar-refractivity contribution in [3.8, 4) is 5.75 Å². The lowest BCUT2D eigenvalue weighted by Gasteiger charge is -2.05. The van der Waals surface area contributed by atoms with Crippen molar-refractivity contribution in [1.29, 1.82) is 0 Å². The summed E-state index contributed by atoms with van der Waals surface area (Å²) in [6, 6.07) is 21.5. The molecular formula is C23H24O4S2. The third kappa shape index (κ3) is 7.09. The van der Waals surface area contributed by atoms with Gasteiger partial charge in [0, 0.05) is 22.0 Å². The number of aryl methyl sites for hydroxylation is 1. The molecule has 0 aliphatic heterocycles. The van der Waals surface area contributed by atoms with Crippen LogP contribution in [0.25, 0.3) is 12.2 Å². The van der Waals surface area contributed by atoms with Crippen LogP contribution in [0.1, 0.15) is 16.7 Å². The summed E-state index contributed by atoms with van der Waals surface area (Å²) in [5.41, 5.74) is 2.99. The van der Waals surface area contributed by atoms with Crippen molar-refractivity contribution < 1.29 is 18.1 Å². The predicted molar refractivity (Wildman–Crippen MR) is 120 cm³/mol. The highest BCUT2D eigenvalue weighted by molar-refractivity contribution is 7.95. The van der Waals surface area contributed by atoms with Crippen LogP contribution in [0.3, 0.4) is 0 Å². The Morgan fingerprint density at radius 3 is 1.90 bits per heavy atom. The average molecular weight is 429 g/mol. The summed E-state index contributed by atoms with van der Waals surface area (Å²) < 4.78 is 31.2. The Labute approximate surface area is 175 Å². The first-order valence-corrected chi connectivity index (χ1v) is 12.3. The highest BCUT2D eigenvalue weighted by atomic mass is 32.2. The fraction of sp³-hybridized carbons (Fsp3) is 0.130. The Morgan fingerprint density at radius 2 is 1.34 bits per heavy atom. The van der Waals surface area contributed by atoms with Crippen LogP contribution < -0.4 is 0 Å². The zero-order valence-corrected chi connectivity index (χ0v) is 18.2. The molecule has 0 aliphatic carbocycles. The smallest absolute Gasteiger partial charge is 0.161 e. The predicted octanol–water partition coefficient (Wildman–Crippen LogP) is 4.70. The van der Waals surface area contributed by atoms with Crippen molar-refractivity contribution in [2.45, 2.75) is 16.7 Å². The number of benzene rings is 3. The first-order chi connectivity index (χ1) is 13.7. The third-order valence-corrected chi connectivity index (χ3v) is 6.15. The lowest BCUT2D eigenvalue weighted by atomic mass is 10.1. The van der Waals surface area contributed by atoms with E-state index in [1.54, 1.807) is 18.2 Å². The van der Waals surface area contributed by atoms with Crippen LogP contribution in [0.2, 0.25) is 0 Å². The first-order valence-electron chi connectivity index (χ1n) is 8.84. The van der Waals surface area contributed by atoms with Gasteiger partial charge < -0.3 is 9.66 Å². The topological polar surface area (TPSA) is 77.4 Å². The number of hydrogen-bond donors (Lipinski definition) is 1. The van der Waals surface area contributed by atoms with E-state index in [0.29, 0.717) is 5.75 Å². The molecule has 3 rings (SSSR count). The van der Waals surface area contributed by atoms with E-state index in [9.17, 15) is 18.1 Å². The molecule has 0 bridgehead atoms. The van der Waals surface area contributed by atoms with Gasteiger partial charge in [-0.2, -0.15) is 0 Å². The van der Waals surface area contributed by atoms with Gasteiger partial charge in [0.2, 0.25) is 0 Å². The Bertz CT molecular complexity index is 1070. The van der Waals surface area contributed by atoms with E-state index in [2.05, 4.69) is 36.8 Å². The Morgan fingerprint density at radius 1 is 0.828 bits per heavy atom. The van der Waals surface area contributed by atoms with E-state index in [4.69, 9.17) is 0 Å². The first kappa shape index (κ1) is 22.7. The molecule has 0 spiro atoms. The molecule has 0 fully saturated rings. The summed E-state index contributed by atoms with van der Waals surface area (Å²) in [5, 5.41) is 9.72. The Hall–Kier alpha value is -2.54. The summed E-state index contributed by atoms with van der Waals surface area (Å²) in [4.78, 5) is 1.17. The molecule has 29 heavy (non-hydrogen) atoms. The molecule has 0 saturated heterocycles. The quantitative estimate of drug-likeness (QED) is 0.371. The SMILES string of the molecule is C[S+](C)c1ccccc1/C=C/c1ccccc1O.Cc1ccc(S(=O)(=O)[O-])cc1. The maximum Gasteiger partial charge on any atom is 0.161 e. The highest BCUT2D eigenvalue weighted by Gasteiger charge is 2.11. The van der Waals surface area contributed by atoms with Gasteiger partial charge in [0.05, 0.1) is 4.90 Å². The van der Waals surface area contributed by atoms with Gasteiger partial charge in [0.1, 0.15) is 28.4 Å². The van der Waals surface area contributed by atoms with Gasteiger partial charge in [-0.25, -0.2) is 8.42 Å². The van der Waals surface area contributed by atoms with Crippen molar-refractivity contribution in [3.05, 3.63) is 89.5 Å². The zero-order valence-electron chi connectivity index (χ0n) is 16.6. The van der Waals surface area contributed by atoms with Crippen LogP contribution in [0, 0.1) is 6.92 Å². The summed E-state index contributed by atoms with van der Waals surface area (Å²) in [6.07, 6.45) is 8.46. The molecule has 3 aromatic rings. The average Bonchev–Trinajstić information content (AvgIpc) is 2.68. The second-order valence-corrected chi connectivity index (χ2v) is 9.97. The van der Waals surface area contributed by atoms with Crippen molar-refractivity contribution >= 4 is 33.2 Å². The van der Waals surface area contributed by atoms with E-state index < -0.39 is 10.1 Å². The molecule has 6 heteroatoms. The number of para-hydroxylation sites is 1. The Balaban J connectivity index is 0.000000234. The molecule has 152 valence electrons. The number of phenols is 1. The molecule has 0 aromatic heterocycles. The van der Waals surface area contributed by atoms with Crippen molar-refractivity contribution in [2.24, 2.45) is 0 Å². The van der Waals surface area contributed by atoms with Gasteiger partial charge in [0.15, 0.2) is 4.90 Å². The molecule has 0 amide bonds. The van der Waals surface area contributed by atoms with Gasteiger partial charge in [-0.15, -0.1) is 0 Å². The molecule has 0 radical (unpaired) electrons. The lowest BCUT2D eigenvalue weighted by molar-refractivity contribution is 0.463. The van der Waals surface area contributed by atoms with Gasteiger partial charge in [-0.3, -0.25) is 0 Å². The van der Waals surface area contributed by atoms with Crippen LogP contribution in [-0.4, -0.2) is 30.6 Å². The minimum Gasteiger partial charge on any atom is -0.744 e. The molecule has 4 nitrogen and oxygen atoms in total. The molecule has 3 aromatic carbocycles. The van der Waals surface area contributed by atoms with Crippen molar-refractivity contribution in [3.63, 3.8) is 0 Å². The largest absolute Gasteiger partial charge is 0.744 e. The van der Waals surface area contributed by atoms with Crippen molar-refractivity contribution in [2.75, 3.05) is 12.5 Å². The number of phenolic OH excluding ortho intramolecular Hbond substituents is 1. The normalized spacial score (nSPS) is 11.3. The zero-order chi connectivity index (χ0) is 21.4. The maximum absolute atomic E-state index is 10.4. The van der Waals surface area contributed by atoms with E-state index in [1.807, 2.05) is 37.3 Å². The number of aromatic hydroxyl groups is 1. The minimum absolute atomic E-state index is 0.178. The van der Waals surface area contributed by atoms with Gasteiger partial charge >= 0.3 is 0 Å². The summed E-state index contributed by atoms with van der Waals surface area (Å²) >= 11 is 0. The lowest BCUT2D eigenvalue weighted by Crippen LogP contribution is -1.97. The highest BCUT2D eigenvalue weighted by Crippen LogP contribution is 2.21. The molecule has 0 unspecified atom stereocenters. The molecule has 1 N–H and O–H groups in total. The van der Waals surface area contributed by atoms with E-state index >= 15 is 0 Å². The molecule has 0 aliphatic rings. The molecular weight excluding hydrogens is 404 g/mol. The van der Waals surface area contributed by atoms with Crippen LogP contribution in [0.4, 0.5) is 0 Å². The fourth-order valence-corrected chi connectivity index (χ4v) is 3.93. The fourth-order valence-electron chi connectivity index (χ4n) is 2.50. The van der Waals surface area contributed by atoms with E-state index in [0.717, 1.165) is 11.1 Å². The van der Waals surface area contributed by atoms with Crippen LogP contribution in [0.15, 0.2) is 82.6 Å². The van der Waals surface area contributed by atoms with E-state index in [1.165, 1.54) is 22.6 Å².